The molecule has 4 aromatic rings. The fraction of sp³-hybridized carbons (Fsp3) is 0. The van der Waals surface area contributed by atoms with E-state index in [0.717, 1.165) is 0 Å². The fourth-order valence-corrected chi connectivity index (χ4v) is 1.93. The largest absolute Gasteiger partial charge is 4.00 e. The molecule has 0 saturated heterocycles. The Morgan fingerprint density at radius 1 is 0.405 bits per heavy atom. The number of pyridine rings is 4. The third kappa shape index (κ3) is 14.2. The zero-order chi connectivity index (χ0) is 26.8. The summed E-state index contributed by atoms with van der Waals surface area (Å²) in [6.07, 6.45) is 5.63. The van der Waals surface area contributed by atoms with Gasteiger partial charge in [-0.25, -0.2) is 0 Å². The Kier molecular flexibility index (Phi) is 16.1. The van der Waals surface area contributed by atoms with Gasteiger partial charge in [-0.15, -0.1) is 0 Å². The quantitative estimate of drug-likeness (QED) is 0.233. The molecule has 0 saturated carbocycles. The second-order valence-electron chi connectivity index (χ2n) is 6.01. The number of carboxylic acids is 4. The summed E-state index contributed by atoms with van der Waals surface area (Å²) in [6.45, 7) is 0. The van der Waals surface area contributed by atoms with Gasteiger partial charge in [0, 0.05) is 24.8 Å². The molecule has 0 radical (unpaired) electrons. The van der Waals surface area contributed by atoms with Crippen molar-refractivity contribution in [2.45, 2.75) is 0 Å². The number of hydrogen-bond acceptors (Lipinski definition) is 12. The molecule has 0 aliphatic carbocycles. The van der Waals surface area contributed by atoms with E-state index < -0.39 is 23.9 Å². The van der Waals surface area contributed by atoms with Gasteiger partial charge in [-0.1, -0.05) is 24.3 Å². The molecule has 37 heavy (non-hydrogen) atoms. The first-order valence-corrected chi connectivity index (χ1v) is 9.71. The van der Waals surface area contributed by atoms with Crippen LogP contribution >= 0.6 is 0 Å². The zero-order valence-corrected chi connectivity index (χ0v) is 20.7. The maximum atomic E-state index is 10.0. The van der Waals surface area contributed by atoms with Crippen LogP contribution in [0.5, 0.6) is 0 Å². The van der Waals surface area contributed by atoms with Crippen molar-refractivity contribution in [2.24, 2.45) is 0 Å². The van der Waals surface area contributed by atoms with Crippen LogP contribution in [0.15, 0.2) is 97.6 Å². The van der Waals surface area contributed by atoms with E-state index in [1.54, 1.807) is 48.5 Å². The Morgan fingerprint density at radius 3 is 0.676 bits per heavy atom. The molecule has 0 aliphatic rings. The van der Waals surface area contributed by atoms with Crippen LogP contribution in [0.2, 0.25) is 0 Å². The molecule has 186 valence electrons. The van der Waals surface area contributed by atoms with Gasteiger partial charge >= 0.3 is 21.1 Å². The normalized spacial score (nSPS) is 8.65. The van der Waals surface area contributed by atoms with Crippen LogP contribution < -0.4 is 20.4 Å². The van der Waals surface area contributed by atoms with Gasteiger partial charge in [0.1, 0.15) is 0 Å². The molecule has 4 heterocycles. The standard InChI is InChI=1S/4C6H5NO2.Mo/c4*8-6(9)5-3-1-2-4-7-5;/h4*1-4H,(H,8,9);/q;;;;+4/p-4. The average Bonchev–Trinajstić information content (AvgIpc) is 2.92. The van der Waals surface area contributed by atoms with Crippen molar-refractivity contribution in [1.29, 1.82) is 0 Å². The molecule has 0 unspecified atom stereocenters. The Bertz CT molecular complexity index is 1030. The third-order valence-corrected chi connectivity index (χ3v) is 3.50. The molecular formula is C24H16MoN4O8. The molecule has 4 rings (SSSR count). The zero-order valence-electron chi connectivity index (χ0n) is 18.7. The molecule has 12 nitrogen and oxygen atoms in total. The first-order valence-electron chi connectivity index (χ1n) is 9.71. The number of rotatable bonds is 4. The minimum atomic E-state index is -1.24. The molecule has 0 bridgehead atoms. The summed E-state index contributed by atoms with van der Waals surface area (Å²) >= 11 is 0. The van der Waals surface area contributed by atoms with Gasteiger partial charge in [-0.3, -0.25) is 19.9 Å². The van der Waals surface area contributed by atoms with E-state index in [1.807, 2.05) is 0 Å². The molecular weight excluding hydrogens is 568 g/mol. The minimum absolute atomic E-state index is 0. The van der Waals surface area contributed by atoms with Gasteiger partial charge < -0.3 is 39.6 Å². The number of aromatic nitrogens is 4. The van der Waals surface area contributed by atoms with Crippen molar-refractivity contribution in [3.8, 4) is 0 Å². The number of carboxylic acid groups (broad SMARTS) is 4. The van der Waals surface area contributed by atoms with Crippen molar-refractivity contribution in [3.05, 3.63) is 120 Å². The molecule has 0 atom stereocenters. The van der Waals surface area contributed by atoms with Gasteiger partial charge in [0.05, 0.1) is 46.7 Å². The predicted octanol–water partition coefficient (Wildman–Crippen LogP) is -2.22. The Hall–Kier alpha value is -4.83. The molecule has 0 amide bonds. The SMILES string of the molecule is O=C([O-])c1ccccn1.O=C([O-])c1ccccn1.O=C([O-])c1ccccn1.O=C([O-])c1ccccn1.[Mo+4]. The van der Waals surface area contributed by atoms with Gasteiger partial charge in [-0.2, -0.15) is 0 Å². The molecule has 0 N–H and O–H groups in total. The van der Waals surface area contributed by atoms with Crippen molar-refractivity contribution in [3.63, 3.8) is 0 Å². The molecule has 13 heteroatoms. The first-order chi connectivity index (χ1) is 17.2. The molecule has 0 spiro atoms. The van der Waals surface area contributed by atoms with Crippen molar-refractivity contribution in [1.82, 2.24) is 19.9 Å². The number of carbonyl (C=O) groups is 4. The smallest absolute Gasteiger partial charge is 0.543 e. The summed E-state index contributed by atoms with van der Waals surface area (Å²) in [7, 11) is 0. The summed E-state index contributed by atoms with van der Waals surface area (Å²) in [6, 6.07) is 18.5. The predicted molar refractivity (Wildman–Crippen MR) is 114 cm³/mol. The van der Waals surface area contributed by atoms with E-state index >= 15 is 0 Å². The van der Waals surface area contributed by atoms with Crippen LogP contribution in [0.3, 0.4) is 0 Å². The average molecular weight is 584 g/mol. The van der Waals surface area contributed by atoms with E-state index in [9.17, 15) is 39.6 Å². The maximum Gasteiger partial charge on any atom is 4.00 e. The van der Waals surface area contributed by atoms with Gasteiger partial charge in [-0.05, 0) is 48.5 Å². The monoisotopic (exact) mass is 586 g/mol. The van der Waals surface area contributed by atoms with Crippen molar-refractivity contribution < 1.29 is 60.7 Å². The molecule has 0 fully saturated rings. The van der Waals surface area contributed by atoms with Gasteiger partial charge in [0.15, 0.2) is 0 Å². The van der Waals surface area contributed by atoms with Crippen LogP contribution in [0.4, 0.5) is 0 Å². The van der Waals surface area contributed by atoms with E-state index in [2.05, 4.69) is 19.9 Å². The van der Waals surface area contributed by atoms with E-state index in [1.165, 1.54) is 49.1 Å². The van der Waals surface area contributed by atoms with E-state index in [4.69, 9.17) is 0 Å². The summed E-state index contributed by atoms with van der Waals surface area (Å²) < 4.78 is 0. The maximum absolute atomic E-state index is 10.0. The van der Waals surface area contributed by atoms with Crippen molar-refractivity contribution in [2.75, 3.05) is 0 Å². The van der Waals surface area contributed by atoms with Crippen LogP contribution in [-0.2, 0) is 21.1 Å². The first kappa shape index (κ1) is 32.2. The summed E-state index contributed by atoms with van der Waals surface area (Å²) in [5.74, 6) is -4.96. The topological polar surface area (TPSA) is 212 Å². The summed E-state index contributed by atoms with van der Waals surface area (Å²) in [5, 5.41) is 40.1. The second-order valence-corrected chi connectivity index (χ2v) is 6.01. The fourth-order valence-electron chi connectivity index (χ4n) is 1.93. The third-order valence-electron chi connectivity index (χ3n) is 3.50. The number of carbonyl (C=O) groups excluding carboxylic acids is 4. The van der Waals surface area contributed by atoms with Crippen molar-refractivity contribution >= 4 is 23.9 Å². The Labute approximate surface area is 224 Å². The minimum Gasteiger partial charge on any atom is -0.543 e. The van der Waals surface area contributed by atoms with E-state index in [-0.39, 0.29) is 43.8 Å². The number of hydrogen-bond donors (Lipinski definition) is 0. The summed E-state index contributed by atoms with van der Waals surface area (Å²) in [5.41, 5.74) is -0.120. The molecule has 0 aromatic carbocycles. The molecule has 4 aromatic heterocycles. The van der Waals surface area contributed by atoms with E-state index in [0.29, 0.717) is 0 Å². The Balaban J connectivity index is 0.000000463. The second kappa shape index (κ2) is 18.5. The van der Waals surface area contributed by atoms with Crippen LogP contribution in [-0.4, -0.2) is 43.8 Å². The van der Waals surface area contributed by atoms with Gasteiger partial charge in [0.25, 0.3) is 0 Å². The Morgan fingerprint density at radius 2 is 0.595 bits per heavy atom. The number of nitrogens with zero attached hydrogens (tertiary/aromatic N) is 4. The van der Waals surface area contributed by atoms with Crippen LogP contribution in [0.25, 0.3) is 0 Å². The van der Waals surface area contributed by atoms with Crippen LogP contribution in [0, 0.1) is 0 Å². The molecule has 0 aliphatic heterocycles. The number of aromatic carboxylic acids is 4. The summed E-state index contributed by atoms with van der Waals surface area (Å²) in [4.78, 5) is 54.2. The van der Waals surface area contributed by atoms with Gasteiger partial charge in [0.2, 0.25) is 0 Å². The van der Waals surface area contributed by atoms with Crippen LogP contribution in [0.1, 0.15) is 42.0 Å².